The number of aliphatic imine (C=N–C) groups is 1. The predicted molar refractivity (Wildman–Crippen MR) is 132 cm³/mol. The third kappa shape index (κ3) is 7.04. The molecular weight excluding hydrogens is 418 g/mol. The van der Waals surface area contributed by atoms with Crippen LogP contribution in [-0.4, -0.2) is 29.4 Å². The Labute approximate surface area is 198 Å². The molecule has 5 heteroatoms. The van der Waals surface area contributed by atoms with E-state index in [2.05, 4.69) is 11.6 Å². The maximum absolute atomic E-state index is 13.6. The van der Waals surface area contributed by atoms with E-state index >= 15 is 0 Å². The molecule has 1 aromatic rings. The van der Waals surface area contributed by atoms with Crippen LogP contribution >= 0.6 is 0 Å². The first-order valence-corrected chi connectivity index (χ1v) is 12.6. The molecule has 0 saturated heterocycles. The number of rotatable bonds is 9. The van der Waals surface area contributed by atoms with E-state index in [0.717, 1.165) is 34.5 Å². The van der Waals surface area contributed by atoms with E-state index in [1.165, 1.54) is 32.1 Å². The first-order valence-electron chi connectivity index (χ1n) is 12.6. The molecule has 1 heterocycles. The molecule has 2 saturated carbocycles. The minimum atomic E-state index is -2.57. The highest BCUT2D eigenvalue weighted by atomic mass is 19.3. The van der Waals surface area contributed by atoms with E-state index in [-0.39, 0.29) is 24.0 Å². The monoisotopic (exact) mass is 458 g/mol. The van der Waals surface area contributed by atoms with Crippen LogP contribution in [0, 0.1) is 11.3 Å². The Morgan fingerprint density at radius 3 is 2.42 bits per heavy atom. The molecule has 2 aliphatic carbocycles. The molecule has 0 radical (unpaired) electrons. The summed E-state index contributed by atoms with van der Waals surface area (Å²) < 4.78 is 27.1. The van der Waals surface area contributed by atoms with Crippen LogP contribution in [0.4, 0.5) is 8.78 Å². The van der Waals surface area contributed by atoms with Crippen molar-refractivity contribution < 1.29 is 13.6 Å². The summed E-state index contributed by atoms with van der Waals surface area (Å²) in [7, 11) is 1.78. The summed E-state index contributed by atoms with van der Waals surface area (Å²) in [5.74, 6) is -1.79. The highest BCUT2D eigenvalue weighted by molar-refractivity contribution is 6.06. The zero-order valence-corrected chi connectivity index (χ0v) is 20.7. The number of ketones is 1. The molecule has 1 aromatic heterocycles. The summed E-state index contributed by atoms with van der Waals surface area (Å²) in [5, 5.41) is 0. The Hall–Kier alpha value is -1.91. The topological polar surface area (TPSA) is 42.3 Å². The van der Waals surface area contributed by atoms with E-state index in [9.17, 15) is 13.6 Å². The van der Waals surface area contributed by atoms with Gasteiger partial charge in [0.05, 0.1) is 5.69 Å². The Kier molecular flexibility index (Phi) is 8.58. The normalized spacial score (nSPS) is 21.1. The van der Waals surface area contributed by atoms with E-state index < -0.39 is 5.92 Å². The average molecular weight is 459 g/mol. The molecule has 0 bridgehead atoms. The number of allylic oxidation sites excluding steroid dienone is 1. The fourth-order valence-electron chi connectivity index (χ4n) is 5.57. The van der Waals surface area contributed by atoms with Gasteiger partial charge in [-0.05, 0) is 55.6 Å². The van der Waals surface area contributed by atoms with Crippen molar-refractivity contribution in [3.05, 3.63) is 35.7 Å². The lowest BCUT2D eigenvalue weighted by molar-refractivity contribution is -0.124. The number of Topliss-reactive ketones (excluding diaryl/α,β-unsaturated/α-hetero) is 1. The van der Waals surface area contributed by atoms with Crippen LogP contribution in [0.1, 0.15) is 108 Å². The van der Waals surface area contributed by atoms with Crippen LogP contribution in [0.25, 0.3) is 5.57 Å². The first kappa shape index (κ1) is 25.7. The zero-order chi connectivity index (χ0) is 24.1. The summed E-state index contributed by atoms with van der Waals surface area (Å²) in [6.45, 7) is 8.16. The van der Waals surface area contributed by atoms with Crippen LogP contribution in [-0.2, 0) is 11.2 Å². The predicted octanol–water partition coefficient (Wildman–Crippen LogP) is 7.61. The third-order valence-corrected chi connectivity index (χ3v) is 7.71. The van der Waals surface area contributed by atoms with Crippen LogP contribution in [0.15, 0.2) is 23.8 Å². The number of nitrogens with zero attached hydrogens (tertiary/aromatic N) is 2. The maximum Gasteiger partial charge on any atom is 0.248 e. The number of hydrogen-bond donors (Lipinski definition) is 0. The van der Waals surface area contributed by atoms with Crippen molar-refractivity contribution in [1.29, 1.82) is 0 Å². The maximum atomic E-state index is 13.6. The highest BCUT2D eigenvalue weighted by Gasteiger charge is 2.41. The number of halogens is 2. The van der Waals surface area contributed by atoms with Gasteiger partial charge in [-0.3, -0.25) is 14.8 Å². The smallest absolute Gasteiger partial charge is 0.248 e. The molecule has 0 spiro atoms. The molecule has 3 rings (SSSR count). The second-order valence-corrected chi connectivity index (χ2v) is 10.7. The first-order chi connectivity index (χ1) is 15.6. The van der Waals surface area contributed by atoms with Gasteiger partial charge in [0.1, 0.15) is 5.78 Å². The lowest BCUT2D eigenvalue weighted by Crippen LogP contribution is -2.33. The number of alkyl halides is 2. The molecule has 0 N–H and O–H groups in total. The van der Waals surface area contributed by atoms with Crippen molar-refractivity contribution >= 4 is 17.1 Å². The molecule has 0 aromatic carbocycles. The van der Waals surface area contributed by atoms with Crippen molar-refractivity contribution in [2.45, 2.75) is 103 Å². The summed E-state index contributed by atoms with van der Waals surface area (Å²) in [5.41, 5.74) is 4.74. The quantitative estimate of drug-likeness (QED) is 0.357. The van der Waals surface area contributed by atoms with Gasteiger partial charge in [0.15, 0.2) is 0 Å². The molecule has 0 unspecified atom stereocenters. The van der Waals surface area contributed by atoms with Crippen LogP contribution < -0.4 is 0 Å². The number of carbonyl (C=O) groups is 1. The van der Waals surface area contributed by atoms with Crippen molar-refractivity contribution in [3.63, 3.8) is 0 Å². The van der Waals surface area contributed by atoms with Gasteiger partial charge in [-0.25, -0.2) is 8.78 Å². The van der Waals surface area contributed by atoms with Gasteiger partial charge >= 0.3 is 0 Å². The van der Waals surface area contributed by atoms with Gasteiger partial charge < -0.3 is 0 Å². The highest BCUT2D eigenvalue weighted by Crippen LogP contribution is 2.45. The van der Waals surface area contributed by atoms with Gasteiger partial charge in [-0.1, -0.05) is 51.2 Å². The fourth-order valence-corrected chi connectivity index (χ4v) is 5.57. The largest absolute Gasteiger partial charge is 0.300 e. The summed E-state index contributed by atoms with van der Waals surface area (Å²) in [6.07, 6.45) is 11.1. The molecule has 182 valence electrons. The minimum absolute atomic E-state index is 0.110. The molecule has 0 amide bonds. The molecule has 2 fully saturated rings. The molecular formula is C28H40F2N2O. The zero-order valence-electron chi connectivity index (χ0n) is 20.7. The van der Waals surface area contributed by atoms with Gasteiger partial charge in [-0.15, -0.1) is 0 Å². The van der Waals surface area contributed by atoms with Gasteiger partial charge in [-0.2, -0.15) is 0 Å². The van der Waals surface area contributed by atoms with Crippen LogP contribution in [0.2, 0.25) is 0 Å². The SMILES string of the molecule is C=C(C)c1ccnc(CC2CCCCC2)c1C(CCC(=O)CC1(C)CCC(F)(F)CC1)=NC. The van der Waals surface area contributed by atoms with Gasteiger partial charge in [0.25, 0.3) is 0 Å². The number of pyridine rings is 1. The van der Waals surface area contributed by atoms with E-state index in [4.69, 9.17) is 4.98 Å². The van der Waals surface area contributed by atoms with E-state index in [1.807, 2.05) is 26.1 Å². The van der Waals surface area contributed by atoms with Crippen molar-refractivity contribution in [1.82, 2.24) is 4.98 Å². The second-order valence-electron chi connectivity index (χ2n) is 10.7. The minimum Gasteiger partial charge on any atom is -0.300 e. The Morgan fingerprint density at radius 2 is 1.82 bits per heavy atom. The average Bonchev–Trinajstić information content (AvgIpc) is 2.78. The van der Waals surface area contributed by atoms with Gasteiger partial charge in [0, 0.05) is 50.2 Å². The molecule has 3 nitrogen and oxygen atoms in total. The fraction of sp³-hybridized carbons (Fsp3) is 0.679. The standard InChI is InChI=1S/C28H40F2N2O/c1-20(2)23-12-17-32-25(18-21-8-6-5-7-9-21)26(23)24(31-4)11-10-22(33)19-27(3)13-15-28(29,30)16-14-27/h12,17,21H,1,5-11,13-16,18-19H2,2-4H3. The molecule has 0 aliphatic heterocycles. The number of hydrogen-bond acceptors (Lipinski definition) is 3. The second kappa shape index (κ2) is 11.0. The third-order valence-electron chi connectivity index (χ3n) is 7.71. The van der Waals surface area contributed by atoms with Crippen molar-refractivity contribution in [3.8, 4) is 0 Å². The lowest BCUT2D eigenvalue weighted by Gasteiger charge is -2.36. The van der Waals surface area contributed by atoms with Crippen LogP contribution in [0.5, 0.6) is 0 Å². The van der Waals surface area contributed by atoms with E-state index in [0.29, 0.717) is 38.0 Å². The summed E-state index contributed by atoms with van der Waals surface area (Å²) >= 11 is 0. The summed E-state index contributed by atoms with van der Waals surface area (Å²) in [6, 6.07) is 2.00. The molecule has 33 heavy (non-hydrogen) atoms. The van der Waals surface area contributed by atoms with Crippen LogP contribution in [0.3, 0.4) is 0 Å². The Bertz CT molecular complexity index is 874. The lowest BCUT2D eigenvalue weighted by atomic mass is 9.71. The Balaban J connectivity index is 1.71. The van der Waals surface area contributed by atoms with E-state index in [1.54, 1.807) is 7.05 Å². The molecule has 2 aliphatic rings. The van der Waals surface area contributed by atoms with Gasteiger partial charge in [0.2, 0.25) is 5.92 Å². The number of carbonyl (C=O) groups excluding carboxylic acids is 1. The Morgan fingerprint density at radius 1 is 1.15 bits per heavy atom. The van der Waals surface area contributed by atoms with Crippen molar-refractivity contribution in [2.75, 3.05) is 7.05 Å². The molecule has 0 atom stereocenters. The van der Waals surface area contributed by atoms with Crippen molar-refractivity contribution in [2.24, 2.45) is 16.3 Å². The summed E-state index contributed by atoms with van der Waals surface area (Å²) in [4.78, 5) is 22.2. The number of aromatic nitrogens is 1.